The van der Waals surface area contributed by atoms with Crippen LogP contribution >= 0.6 is 23.4 Å². The lowest BCUT2D eigenvalue weighted by Crippen LogP contribution is -1.97. The van der Waals surface area contributed by atoms with Crippen molar-refractivity contribution in [3.8, 4) is 5.75 Å². The Morgan fingerprint density at radius 3 is 2.83 bits per heavy atom. The Kier molecular flexibility index (Phi) is 4.28. The molecule has 1 aromatic carbocycles. The number of methoxy groups -OCH3 is 1. The minimum Gasteiger partial charge on any atom is -0.497 e. The van der Waals surface area contributed by atoms with Gasteiger partial charge in [-0.1, -0.05) is 29.4 Å². The zero-order chi connectivity index (χ0) is 13.0. The minimum atomic E-state index is 0.416. The molecule has 94 valence electrons. The average Bonchev–Trinajstić information content (AvgIpc) is 2.38. The molecule has 18 heavy (non-hydrogen) atoms. The van der Waals surface area contributed by atoms with E-state index in [0.717, 1.165) is 11.4 Å². The summed E-state index contributed by atoms with van der Waals surface area (Å²) in [4.78, 5) is 8.40. The predicted octanol–water partition coefficient (Wildman–Crippen LogP) is 3.60. The second-order valence-corrected chi connectivity index (χ2v) is 4.58. The van der Waals surface area contributed by atoms with E-state index in [-0.39, 0.29) is 0 Å². The standard InChI is InChI=1S/C12H12ClN3OS/c1-17-9-5-3-4-8(6-9)14-11-7-10(13)15-12(16-11)18-2/h3-7H,1-2H3,(H,14,15,16). The molecule has 1 aromatic heterocycles. The zero-order valence-electron chi connectivity index (χ0n) is 9.98. The normalized spacial score (nSPS) is 10.2. The first-order valence-corrected chi connectivity index (χ1v) is 6.81. The first-order chi connectivity index (χ1) is 8.71. The van der Waals surface area contributed by atoms with Crippen LogP contribution in [0.1, 0.15) is 0 Å². The van der Waals surface area contributed by atoms with E-state index in [1.807, 2.05) is 30.5 Å². The molecule has 0 radical (unpaired) electrons. The molecule has 0 unspecified atom stereocenters. The van der Waals surface area contributed by atoms with Gasteiger partial charge in [0.1, 0.15) is 16.7 Å². The maximum absolute atomic E-state index is 5.92. The van der Waals surface area contributed by atoms with Crippen molar-refractivity contribution < 1.29 is 4.74 Å². The second-order valence-electron chi connectivity index (χ2n) is 3.42. The lowest BCUT2D eigenvalue weighted by molar-refractivity contribution is 0.415. The molecule has 4 nitrogen and oxygen atoms in total. The molecular formula is C12H12ClN3OS. The van der Waals surface area contributed by atoms with Crippen molar-refractivity contribution in [2.45, 2.75) is 5.16 Å². The molecule has 0 saturated carbocycles. The Bertz CT molecular complexity index is 551. The molecule has 0 atom stereocenters. The van der Waals surface area contributed by atoms with Gasteiger partial charge in [0.15, 0.2) is 5.16 Å². The second kappa shape index (κ2) is 5.93. The zero-order valence-corrected chi connectivity index (χ0v) is 11.5. The van der Waals surface area contributed by atoms with Gasteiger partial charge >= 0.3 is 0 Å². The van der Waals surface area contributed by atoms with Crippen LogP contribution in [0.25, 0.3) is 0 Å². The molecule has 0 aliphatic carbocycles. The summed E-state index contributed by atoms with van der Waals surface area (Å²) in [5.74, 6) is 1.44. The van der Waals surface area contributed by atoms with Gasteiger partial charge in [-0.15, -0.1) is 0 Å². The van der Waals surface area contributed by atoms with Gasteiger partial charge in [-0.3, -0.25) is 0 Å². The molecule has 2 aromatic rings. The van der Waals surface area contributed by atoms with Crippen LogP contribution in [-0.2, 0) is 0 Å². The van der Waals surface area contributed by atoms with Crippen LogP contribution in [-0.4, -0.2) is 23.3 Å². The van der Waals surface area contributed by atoms with Crippen LogP contribution in [0, 0.1) is 0 Å². The number of nitrogens with one attached hydrogen (secondary N) is 1. The Morgan fingerprint density at radius 2 is 2.11 bits per heavy atom. The fraction of sp³-hybridized carbons (Fsp3) is 0.167. The topological polar surface area (TPSA) is 47.0 Å². The van der Waals surface area contributed by atoms with E-state index in [1.54, 1.807) is 13.2 Å². The number of hydrogen-bond donors (Lipinski definition) is 1. The lowest BCUT2D eigenvalue weighted by Gasteiger charge is -2.08. The van der Waals surface area contributed by atoms with Gasteiger partial charge in [0, 0.05) is 17.8 Å². The molecule has 1 N–H and O–H groups in total. The van der Waals surface area contributed by atoms with Crippen LogP contribution in [0.5, 0.6) is 5.75 Å². The molecule has 0 aliphatic rings. The molecule has 0 bridgehead atoms. The maximum atomic E-state index is 5.92. The lowest BCUT2D eigenvalue weighted by atomic mass is 10.3. The molecule has 2 rings (SSSR count). The van der Waals surface area contributed by atoms with Gasteiger partial charge in [-0.05, 0) is 18.4 Å². The summed E-state index contributed by atoms with van der Waals surface area (Å²) in [6, 6.07) is 9.28. The molecule has 6 heteroatoms. The number of nitrogens with zero attached hydrogens (tertiary/aromatic N) is 2. The Morgan fingerprint density at radius 1 is 1.28 bits per heavy atom. The largest absolute Gasteiger partial charge is 0.497 e. The third-order valence-electron chi connectivity index (χ3n) is 2.20. The first-order valence-electron chi connectivity index (χ1n) is 5.21. The summed E-state index contributed by atoms with van der Waals surface area (Å²) >= 11 is 7.37. The van der Waals surface area contributed by atoms with E-state index in [2.05, 4.69) is 15.3 Å². The minimum absolute atomic E-state index is 0.416. The summed E-state index contributed by atoms with van der Waals surface area (Å²) < 4.78 is 5.16. The molecule has 0 aliphatic heterocycles. The number of thioether (sulfide) groups is 1. The van der Waals surface area contributed by atoms with Gasteiger partial charge in [0.05, 0.1) is 7.11 Å². The smallest absolute Gasteiger partial charge is 0.190 e. The number of rotatable bonds is 4. The average molecular weight is 282 g/mol. The highest BCUT2D eigenvalue weighted by Crippen LogP contribution is 2.23. The summed E-state index contributed by atoms with van der Waals surface area (Å²) in [5.41, 5.74) is 0.885. The van der Waals surface area contributed by atoms with Crippen LogP contribution in [0.4, 0.5) is 11.5 Å². The third kappa shape index (κ3) is 3.27. The maximum Gasteiger partial charge on any atom is 0.190 e. The molecule has 0 saturated heterocycles. The third-order valence-corrected chi connectivity index (χ3v) is 2.94. The fourth-order valence-corrected chi connectivity index (χ4v) is 2.01. The number of anilines is 2. The van der Waals surface area contributed by atoms with E-state index in [1.165, 1.54) is 11.8 Å². The van der Waals surface area contributed by atoms with Crippen LogP contribution in [0.2, 0.25) is 5.15 Å². The molecule has 0 fully saturated rings. The van der Waals surface area contributed by atoms with Crippen molar-refractivity contribution in [3.05, 3.63) is 35.5 Å². The van der Waals surface area contributed by atoms with Crippen LogP contribution < -0.4 is 10.1 Å². The monoisotopic (exact) mass is 281 g/mol. The van der Waals surface area contributed by atoms with Gasteiger partial charge in [-0.25, -0.2) is 9.97 Å². The molecule has 0 spiro atoms. The van der Waals surface area contributed by atoms with Gasteiger partial charge in [0.2, 0.25) is 0 Å². The van der Waals surface area contributed by atoms with Crippen molar-refractivity contribution in [2.75, 3.05) is 18.7 Å². The Labute approximate surface area is 115 Å². The summed E-state index contributed by atoms with van der Waals surface area (Å²) in [5, 5.41) is 4.21. The Hall–Kier alpha value is -1.46. The fourth-order valence-electron chi connectivity index (χ4n) is 1.40. The first kappa shape index (κ1) is 13.0. The number of benzene rings is 1. The van der Waals surface area contributed by atoms with Gasteiger partial charge < -0.3 is 10.1 Å². The predicted molar refractivity (Wildman–Crippen MR) is 75.1 cm³/mol. The highest BCUT2D eigenvalue weighted by Gasteiger charge is 2.03. The highest BCUT2D eigenvalue weighted by molar-refractivity contribution is 7.98. The van der Waals surface area contributed by atoms with Gasteiger partial charge in [-0.2, -0.15) is 0 Å². The van der Waals surface area contributed by atoms with Gasteiger partial charge in [0.25, 0.3) is 0 Å². The van der Waals surface area contributed by atoms with E-state index in [0.29, 0.717) is 16.1 Å². The van der Waals surface area contributed by atoms with E-state index in [4.69, 9.17) is 16.3 Å². The van der Waals surface area contributed by atoms with Crippen molar-refractivity contribution in [1.29, 1.82) is 0 Å². The SMILES string of the molecule is COc1cccc(Nc2cc(Cl)nc(SC)n2)c1. The molecule has 0 amide bonds. The molecule has 1 heterocycles. The van der Waals surface area contributed by atoms with Crippen LogP contribution in [0.15, 0.2) is 35.5 Å². The van der Waals surface area contributed by atoms with Crippen molar-refractivity contribution >= 4 is 34.9 Å². The Balaban J connectivity index is 2.24. The number of ether oxygens (including phenoxy) is 1. The summed E-state index contributed by atoms with van der Waals surface area (Å²) in [6.07, 6.45) is 1.90. The van der Waals surface area contributed by atoms with Crippen molar-refractivity contribution in [1.82, 2.24) is 9.97 Å². The van der Waals surface area contributed by atoms with E-state index in [9.17, 15) is 0 Å². The summed E-state index contributed by atoms with van der Waals surface area (Å²) in [7, 11) is 1.63. The van der Waals surface area contributed by atoms with Crippen LogP contribution in [0.3, 0.4) is 0 Å². The van der Waals surface area contributed by atoms with Crippen molar-refractivity contribution in [2.24, 2.45) is 0 Å². The number of halogens is 1. The molecular weight excluding hydrogens is 270 g/mol. The van der Waals surface area contributed by atoms with E-state index < -0.39 is 0 Å². The highest BCUT2D eigenvalue weighted by atomic mass is 35.5. The van der Waals surface area contributed by atoms with E-state index >= 15 is 0 Å². The summed E-state index contributed by atoms with van der Waals surface area (Å²) in [6.45, 7) is 0. The number of aromatic nitrogens is 2. The quantitative estimate of drug-likeness (QED) is 0.527. The van der Waals surface area contributed by atoms with Crippen molar-refractivity contribution in [3.63, 3.8) is 0 Å². The number of hydrogen-bond acceptors (Lipinski definition) is 5.